The topological polar surface area (TPSA) is 12.1 Å². The maximum absolute atomic E-state index is 2.45. The standard InChI is InChI=1S/C44H29N3/c1-3-11-30(12-4-1)31-19-21-32(22-20-31)33-23-25-35(26-24-33)45(34-13-5-2-6-14-34)36-27-28-38-42(29-36)47-41-18-10-9-17-40(41)46-39-16-8-7-15-37(39)43(38)44(46)47/h1-29H. The Morgan fingerprint density at radius 1 is 0.319 bits per heavy atom. The van der Waals surface area contributed by atoms with Crippen molar-refractivity contribution < 1.29 is 0 Å². The molecule has 0 atom stereocenters. The largest absolute Gasteiger partial charge is 0.310 e. The van der Waals surface area contributed by atoms with Gasteiger partial charge in [0.1, 0.15) is 5.65 Å². The highest BCUT2D eigenvalue weighted by molar-refractivity contribution is 6.24. The zero-order valence-electron chi connectivity index (χ0n) is 25.6. The molecule has 220 valence electrons. The Morgan fingerprint density at radius 2 is 0.766 bits per heavy atom. The van der Waals surface area contributed by atoms with Gasteiger partial charge in [-0.1, -0.05) is 121 Å². The molecule has 0 spiro atoms. The van der Waals surface area contributed by atoms with Crippen molar-refractivity contribution in [3.8, 4) is 22.3 Å². The number of anilines is 3. The van der Waals surface area contributed by atoms with Crippen LogP contribution in [0.15, 0.2) is 176 Å². The second-order valence-electron chi connectivity index (χ2n) is 12.2. The van der Waals surface area contributed by atoms with Gasteiger partial charge in [0.25, 0.3) is 0 Å². The van der Waals surface area contributed by atoms with E-state index in [0.29, 0.717) is 0 Å². The Bertz CT molecular complexity index is 2690. The molecule has 0 aliphatic carbocycles. The van der Waals surface area contributed by atoms with Crippen LogP contribution in [0.5, 0.6) is 0 Å². The van der Waals surface area contributed by atoms with Crippen LogP contribution in [0.2, 0.25) is 0 Å². The molecule has 0 N–H and O–H groups in total. The van der Waals surface area contributed by atoms with Gasteiger partial charge in [-0.15, -0.1) is 0 Å². The Labute approximate surface area is 272 Å². The maximum Gasteiger partial charge on any atom is 0.131 e. The van der Waals surface area contributed by atoms with Crippen LogP contribution in [-0.2, 0) is 0 Å². The smallest absolute Gasteiger partial charge is 0.131 e. The van der Waals surface area contributed by atoms with Crippen molar-refractivity contribution in [3.63, 3.8) is 0 Å². The van der Waals surface area contributed by atoms with E-state index in [9.17, 15) is 0 Å². The first-order valence-electron chi connectivity index (χ1n) is 16.1. The molecule has 0 saturated carbocycles. The molecule has 10 aromatic rings. The maximum atomic E-state index is 2.45. The fourth-order valence-corrected chi connectivity index (χ4v) is 7.52. The lowest BCUT2D eigenvalue weighted by Gasteiger charge is -2.26. The van der Waals surface area contributed by atoms with Gasteiger partial charge in [0.15, 0.2) is 0 Å². The van der Waals surface area contributed by atoms with E-state index in [1.807, 2.05) is 0 Å². The third kappa shape index (κ3) is 3.87. The Morgan fingerprint density at radius 3 is 1.43 bits per heavy atom. The van der Waals surface area contributed by atoms with Crippen LogP contribution >= 0.6 is 0 Å². The molecule has 0 amide bonds. The summed E-state index contributed by atoms with van der Waals surface area (Å²) in [4.78, 5) is 2.36. The Hall–Kier alpha value is -6.32. The Kier molecular flexibility index (Phi) is 5.57. The minimum absolute atomic E-state index is 1.12. The molecule has 3 nitrogen and oxygen atoms in total. The molecule has 3 heteroatoms. The van der Waals surface area contributed by atoms with E-state index in [4.69, 9.17) is 0 Å². The van der Waals surface area contributed by atoms with Gasteiger partial charge < -0.3 is 4.90 Å². The fourth-order valence-electron chi connectivity index (χ4n) is 7.52. The molecule has 0 bridgehead atoms. The van der Waals surface area contributed by atoms with Crippen LogP contribution in [-0.4, -0.2) is 8.80 Å². The van der Waals surface area contributed by atoms with E-state index >= 15 is 0 Å². The summed E-state index contributed by atoms with van der Waals surface area (Å²) in [6.07, 6.45) is 0. The van der Waals surface area contributed by atoms with E-state index in [1.165, 1.54) is 66.1 Å². The van der Waals surface area contributed by atoms with Crippen molar-refractivity contribution >= 4 is 60.9 Å². The highest BCUT2D eigenvalue weighted by Crippen LogP contribution is 2.44. The van der Waals surface area contributed by atoms with Gasteiger partial charge in [-0.2, -0.15) is 0 Å². The third-order valence-electron chi connectivity index (χ3n) is 9.64. The third-order valence-corrected chi connectivity index (χ3v) is 9.64. The number of hydrogen-bond donors (Lipinski definition) is 0. The minimum Gasteiger partial charge on any atom is -0.310 e. The monoisotopic (exact) mass is 599 g/mol. The molecule has 3 aromatic heterocycles. The molecule has 7 aromatic carbocycles. The molecule has 0 unspecified atom stereocenters. The lowest BCUT2D eigenvalue weighted by molar-refractivity contribution is 1.27. The number of fused-ring (bicyclic) bond motifs is 9. The number of benzene rings is 7. The summed E-state index contributed by atoms with van der Waals surface area (Å²) in [7, 11) is 0. The highest BCUT2D eigenvalue weighted by atomic mass is 15.1. The summed E-state index contributed by atoms with van der Waals surface area (Å²) >= 11 is 0. The van der Waals surface area contributed by atoms with Crippen LogP contribution in [0.3, 0.4) is 0 Å². The van der Waals surface area contributed by atoms with Gasteiger partial charge in [0, 0.05) is 33.2 Å². The van der Waals surface area contributed by atoms with E-state index in [1.54, 1.807) is 0 Å². The normalized spacial score (nSPS) is 11.8. The summed E-state index contributed by atoms with van der Waals surface area (Å²) < 4.78 is 4.88. The van der Waals surface area contributed by atoms with Crippen LogP contribution in [0.25, 0.3) is 66.1 Å². The van der Waals surface area contributed by atoms with Crippen LogP contribution in [0.4, 0.5) is 17.1 Å². The fraction of sp³-hybridized carbons (Fsp3) is 0. The summed E-state index contributed by atoms with van der Waals surface area (Å²) in [6, 6.07) is 63.5. The minimum atomic E-state index is 1.12. The molecular weight excluding hydrogens is 571 g/mol. The predicted molar refractivity (Wildman–Crippen MR) is 198 cm³/mol. The number of imidazole rings is 1. The number of aromatic nitrogens is 2. The van der Waals surface area contributed by atoms with Crippen molar-refractivity contribution in [2.75, 3.05) is 4.90 Å². The van der Waals surface area contributed by atoms with Crippen molar-refractivity contribution in [3.05, 3.63) is 176 Å². The van der Waals surface area contributed by atoms with Crippen LogP contribution < -0.4 is 4.90 Å². The van der Waals surface area contributed by atoms with Crippen molar-refractivity contribution in [1.82, 2.24) is 8.80 Å². The van der Waals surface area contributed by atoms with Gasteiger partial charge in [-0.05, 0) is 76.9 Å². The lowest BCUT2D eigenvalue weighted by atomic mass is 10.00. The first-order valence-corrected chi connectivity index (χ1v) is 16.1. The van der Waals surface area contributed by atoms with Gasteiger partial charge >= 0.3 is 0 Å². The van der Waals surface area contributed by atoms with Crippen LogP contribution in [0, 0.1) is 0 Å². The summed E-state index contributed by atoms with van der Waals surface area (Å²) in [5.41, 5.74) is 14.4. The second kappa shape index (κ2) is 10.1. The summed E-state index contributed by atoms with van der Waals surface area (Å²) in [5, 5.41) is 3.88. The van der Waals surface area contributed by atoms with E-state index in [2.05, 4.69) is 190 Å². The van der Waals surface area contributed by atoms with Gasteiger partial charge in [-0.25, -0.2) is 0 Å². The molecule has 0 saturated heterocycles. The first-order chi connectivity index (χ1) is 23.3. The number of rotatable bonds is 5. The zero-order chi connectivity index (χ0) is 30.9. The predicted octanol–water partition coefficient (Wildman–Crippen LogP) is 11.9. The second-order valence-corrected chi connectivity index (χ2v) is 12.2. The molecule has 0 aliphatic rings. The highest BCUT2D eigenvalue weighted by Gasteiger charge is 2.23. The first kappa shape index (κ1) is 26.0. The Balaban J connectivity index is 1.12. The van der Waals surface area contributed by atoms with E-state index in [0.717, 1.165) is 17.1 Å². The molecule has 47 heavy (non-hydrogen) atoms. The number of para-hydroxylation sites is 4. The lowest BCUT2D eigenvalue weighted by Crippen LogP contribution is -2.09. The van der Waals surface area contributed by atoms with Gasteiger partial charge in [0.2, 0.25) is 0 Å². The van der Waals surface area contributed by atoms with E-state index < -0.39 is 0 Å². The SMILES string of the molecule is c1ccc(-c2ccc(-c3ccc(N(c4ccccc4)c4ccc5c6c7ccccc7n7c8ccccc8n(c5c4)c67)cc3)cc2)cc1. The van der Waals surface area contributed by atoms with Crippen LogP contribution in [0.1, 0.15) is 0 Å². The van der Waals surface area contributed by atoms with Crippen molar-refractivity contribution in [2.24, 2.45) is 0 Å². The number of hydrogen-bond acceptors (Lipinski definition) is 1. The molecule has 10 rings (SSSR count). The molecule has 0 radical (unpaired) electrons. The van der Waals surface area contributed by atoms with E-state index in [-0.39, 0.29) is 0 Å². The van der Waals surface area contributed by atoms with Gasteiger partial charge in [0.05, 0.1) is 22.1 Å². The molecular formula is C44H29N3. The number of nitrogens with zero attached hydrogens (tertiary/aromatic N) is 3. The zero-order valence-corrected chi connectivity index (χ0v) is 25.6. The molecule has 0 aliphatic heterocycles. The van der Waals surface area contributed by atoms with Crippen molar-refractivity contribution in [2.45, 2.75) is 0 Å². The average molecular weight is 600 g/mol. The average Bonchev–Trinajstić information content (AvgIpc) is 3.78. The quantitative estimate of drug-likeness (QED) is 0.192. The van der Waals surface area contributed by atoms with Crippen molar-refractivity contribution in [1.29, 1.82) is 0 Å². The summed E-state index contributed by atoms with van der Waals surface area (Å²) in [6.45, 7) is 0. The molecule has 3 heterocycles. The van der Waals surface area contributed by atoms with Gasteiger partial charge in [-0.3, -0.25) is 8.80 Å². The molecule has 0 fully saturated rings. The summed E-state index contributed by atoms with van der Waals surface area (Å²) in [5.74, 6) is 0.